The van der Waals surface area contributed by atoms with Crippen molar-refractivity contribution < 1.29 is 14.8 Å². The summed E-state index contributed by atoms with van der Waals surface area (Å²) in [6.07, 6.45) is 1.78. The van der Waals surface area contributed by atoms with Crippen molar-refractivity contribution in [1.82, 2.24) is 5.48 Å². The normalized spacial score (nSPS) is 13.4. The van der Waals surface area contributed by atoms with E-state index in [2.05, 4.69) is 0 Å². The Balaban J connectivity index is 1.88. The Bertz CT molecular complexity index is 759. The van der Waals surface area contributed by atoms with E-state index < -0.39 is 5.91 Å². The first-order valence-electron chi connectivity index (χ1n) is 7.25. The number of amides is 2. The van der Waals surface area contributed by atoms with Crippen LogP contribution >= 0.6 is 11.6 Å². The molecule has 0 fully saturated rings. The SMILES string of the molecule is O=C(NO)c1ccc(C(=O)N2CCCc3cc(Cl)ccc32)cc1. The molecule has 0 saturated heterocycles. The predicted octanol–water partition coefficient (Wildman–Crippen LogP) is 3.05. The molecule has 1 aliphatic heterocycles. The van der Waals surface area contributed by atoms with Crippen LogP contribution in [-0.2, 0) is 6.42 Å². The predicted molar refractivity (Wildman–Crippen MR) is 87.1 cm³/mol. The second-order valence-corrected chi connectivity index (χ2v) is 5.79. The second kappa shape index (κ2) is 6.40. The van der Waals surface area contributed by atoms with Gasteiger partial charge in [-0.05, 0) is 60.9 Å². The van der Waals surface area contributed by atoms with Crippen molar-refractivity contribution in [1.29, 1.82) is 0 Å². The molecular formula is C17H15ClN2O3. The standard InChI is InChI=1S/C17H15ClN2O3/c18-14-7-8-15-13(10-14)2-1-9-20(15)17(22)12-5-3-11(4-6-12)16(21)19-23/h3-8,10,23H,1-2,9H2,(H,19,21). The van der Waals surface area contributed by atoms with Crippen LogP contribution in [0.2, 0.25) is 5.02 Å². The molecule has 2 aromatic carbocycles. The minimum absolute atomic E-state index is 0.121. The number of halogens is 1. The van der Waals surface area contributed by atoms with Gasteiger partial charge in [0.2, 0.25) is 0 Å². The van der Waals surface area contributed by atoms with Gasteiger partial charge in [-0.3, -0.25) is 14.8 Å². The topological polar surface area (TPSA) is 69.6 Å². The van der Waals surface area contributed by atoms with Crippen molar-refractivity contribution in [3.8, 4) is 0 Å². The lowest BCUT2D eigenvalue weighted by Gasteiger charge is -2.29. The first-order chi connectivity index (χ1) is 11.1. The molecule has 0 radical (unpaired) electrons. The van der Waals surface area contributed by atoms with Gasteiger partial charge in [-0.2, -0.15) is 0 Å². The zero-order valence-electron chi connectivity index (χ0n) is 12.3. The molecule has 3 rings (SSSR count). The van der Waals surface area contributed by atoms with Crippen LogP contribution in [0, 0.1) is 0 Å². The monoisotopic (exact) mass is 330 g/mol. The first kappa shape index (κ1) is 15.5. The van der Waals surface area contributed by atoms with Crippen LogP contribution in [0.15, 0.2) is 42.5 Å². The molecule has 1 heterocycles. The fourth-order valence-electron chi connectivity index (χ4n) is 2.76. The molecule has 2 N–H and O–H groups in total. The molecule has 2 aromatic rings. The van der Waals surface area contributed by atoms with E-state index in [-0.39, 0.29) is 11.5 Å². The molecule has 0 unspecified atom stereocenters. The maximum atomic E-state index is 12.7. The highest BCUT2D eigenvalue weighted by molar-refractivity contribution is 6.30. The molecule has 1 aliphatic rings. The average Bonchev–Trinajstić information content (AvgIpc) is 2.59. The van der Waals surface area contributed by atoms with Crippen molar-refractivity contribution in [2.45, 2.75) is 12.8 Å². The van der Waals surface area contributed by atoms with Gasteiger partial charge in [-0.1, -0.05) is 11.6 Å². The van der Waals surface area contributed by atoms with Gasteiger partial charge < -0.3 is 4.90 Å². The summed E-state index contributed by atoms with van der Waals surface area (Å²) in [4.78, 5) is 25.8. The zero-order valence-corrected chi connectivity index (χ0v) is 13.0. The third-order valence-electron chi connectivity index (χ3n) is 3.90. The molecule has 2 amide bonds. The maximum absolute atomic E-state index is 12.7. The first-order valence-corrected chi connectivity index (χ1v) is 7.63. The maximum Gasteiger partial charge on any atom is 0.274 e. The van der Waals surface area contributed by atoms with E-state index in [1.165, 1.54) is 12.1 Å². The van der Waals surface area contributed by atoms with Crippen molar-refractivity contribution in [3.05, 3.63) is 64.2 Å². The summed E-state index contributed by atoms with van der Waals surface area (Å²) in [5.41, 5.74) is 4.28. The molecule has 0 aromatic heterocycles. The number of nitrogens with zero attached hydrogens (tertiary/aromatic N) is 1. The van der Waals surface area contributed by atoms with Crippen molar-refractivity contribution in [2.24, 2.45) is 0 Å². The number of hydroxylamine groups is 1. The van der Waals surface area contributed by atoms with Crippen LogP contribution in [0.5, 0.6) is 0 Å². The van der Waals surface area contributed by atoms with Crippen LogP contribution in [0.25, 0.3) is 0 Å². The summed E-state index contributed by atoms with van der Waals surface area (Å²) < 4.78 is 0. The highest BCUT2D eigenvalue weighted by Gasteiger charge is 2.23. The molecule has 0 bridgehead atoms. The van der Waals surface area contributed by atoms with E-state index in [0.29, 0.717) is 17.1 Å². The highest BCUT2D eigenvalue weighted by Crippen LogP contribution is 2.30. The van der Waals surface area contributed by atoms with Gasteiger partial charge in [0, 0.05) is 28.4 Å². The summed E-state index contributed by atoms with van der Waals surface area (Å²) in [5, 5.41) is 9.28. The van der Waals surface area contributed by atoms with E-state index in [1.807, 2.05) is 12.1 Å². The molecule has 0 aliphatic carbocycles. The molecule has 0 atom stereocenters. The van der Waals surface area contributed by atoms with Gasteiger partial charge >= 0.3 is 0 Å². The minimum atomic E-state index is -0.609. The Hall–Kier alpha value is -2.37. The second-order valence-electron chi connectivity index (χ2n) is 5.35. The van der Waals surface area contributed by atoms with E-state index >= 15 is 0 Å². The molecule has 0 saturated carbocycles. The van der Waals surface area contributed by atoms with Crippen LogP contribution in [0.4, 0.5) is 5.69 Å². The molecule has 5 nitrogen and oxygen atoms in total. The van der Waals surface area contributed by atoms with Gasteiger partial charge in [-0.25, -0.2) is 5.48 Å². The van der Waals surface area contributed by atoms with Gasteiger partial charge in [0.1, 0.15) is 0 Å². The highest BCUT2D eigenvalue weighted by atomic mass is 35.5. The number of fused-ring (bicyclic) bond motifs is 1. The van der Waals surface area contributed by atoms with Gasteiger partial charge in [0.25, 0.3) is 11.8 Å². The molecule has 23 heavy (non-hydrogen) atoms. The van der Waals surface area contributed by atoms with Gasteiger partial charge in [0.05, 0.1) is 0 Å². The minimum Gasteiger partial charge on any atom is -0.308 e. The van der Waals surface area contributed by atoms with Gasteiger partial charge in [0.15, 0.2) is 0 Å². The number of nitrogens with one attached hydrogen (secondary N) is 1. The number of hydrogen-bond acceptors (Lipinski definition) is 3. The fraction of sp³-hybridized carbons (Fsp3) is 0.176. The van der Waals surface area contributed by atoms with Crippen LogP contribution in [0.3, 0.4) is 0 Å². The summed E-state index contributed by atoms with van der Waals surface area (Å²) in [5.74, 6) is -0.730. The largest absolute Gasteiger partial charge is 0.308 e. The number of anilines is 1. The lowest BCUT2D eigenvalue weighted by atomic mass is 10.0. The van der Waals surface area contributed by atoms with Crippen molar-refractivity contribution in [2.75, 3.05) is 11.4 Å². The Morgan fingerprint density at radius 1 is 1.09 bits per heavy atom. The lowest BCUT2D eigenvalue weighted by molar-refractivity contribution is 0.0706. The smallest absolute Gasteiger partial charge is 0.274 e. The average molecular weight is 331 g/mol. The summed E-state index contributed by atoms with van der Waals surface area (Å²) in [6, 6.07) is 11.7. The Morgan fingerprint density at radius 2 is 1.78 bits per heavy atom. The number of aryl methyl sites for hydroxylation is 1. The van der Waals surface area contributed by atoms with E-state index in [4.69, 9.17) is 16.8 Å². The number of hydrogen-bond donors (Lipinski definition) is 2. The third-order valence-corrected chi connectivity index (χ3v) is 4.14. The lowest BCUT2D eigenvalue weighted by Crippen LogP contribution is -2.35. The summed E-state index contributed by atoms with van der Waals surface area (Å²) in [6.45, 7) is 0.645. The molecule has 6 heteroatoms. The van der Waals surface area contributed by atoms with Crippen LogP contribution in [-0.4, -0.2) is 23.6 Å². The number of carbonyl (C=O) groups is 2. The Labute approximate surface area is 138 Å². The van der Waals surface area contributed by atoms with E-state index in [1.54, 1.807) is 28.6 Å². The third kappa shape index (κ3) is 3.06. The van der Waals surface area contributed by atoms with Crippen molar-refractivity contribution >= 4 is 29.1 Å². The van der Waals surface area contributed by atoms with Crippen LogP contribution < -0.4 is 10.4 Å². The number of rotatable bonds is 2. The number of carbonyl (C=O) groups excluding carboxylic acids is 2. The van der Waals surface area contributed by atoms with Gasteiger partial charge in [-0.15, -0.1) is 0 Å². The van der Waals surface area contributed by atoms with Crippen molar-refractivity contribution in [3.63, 3.8) is 0 Å². The molecular weight excluding hydrogens is 316 g/mol. The Morgan fingerprint density at radius 3 is 2.48 bits per heavy atom. The van der Waals surface area contributed by atoms with E-state index in [9.17, 15) is 9.59 Å². The van der Waals surface area contributed by atoms with E-state index in [0.717, 1.165) is 24.1 Å². The summed E-state index contributed by atoms with van der Waals surface area (Å²) >= 11 is 6.02. The quantitative estimate of drug-likeness (QED) is 0.657. The Kier molecular flexibility index (Phi) is 4.32. The zero-order chi connectivity index (χ0) is 16.4. The summed E-state index contributed by atoms with van der Waals surface area (Å²) in [7, 11) is 0. The molecule has 118 valence electrons. The van der Waals surface area contributed by atoms with Crippen LogP contribution in [0.1, 0.15) is 32.7 Å². The fourth-order valence-corrected chi connectivity index (χ4v) is 2.96. The molecule has 0 spiro atoms. The number of benzene rings is 2.